The van der Waals surface area contributed by atoms with E-state index in [4.69, 9.17) is 10.00 Å². The van der Waals surface area contributed by atoms with Crippen LogP contribution in [0.5, 0.6) is 11.5 Å². The highest BCUT2D eigenvalue weighted by molar-refractivity contribution is 5.94. The van der Waals surface area contributed by atoms with Gasteiger partial charge in [-0.15, -0.1) is 0 Å². The average molecular weight is 324 g/mol. The zero-order valence-electron chi connectivity index (χ0n) is 13.2. The Labute approximate surface area is 140 Å². The molecule has 0 bridgehead atoms. The van der Waals surface area contributed by atoms with Gasteiger partial charge >= 0.3 is 0 Å². The summed E-state index contributed by atoms with van der Waals surface area (Å²) in [5.41, 5.74) is 0.468. The number of hydrogen-bond acceptors (Lipinski definition) is 3. The first kappa shape index (κ1) is 16.0. The van der Waals surface area contributed by atoms with Gasteiger partial charge in [-0.2, -0.15) is 5.26 Å². The Morgan fingerprint density at radius 1 is 1.08 bits per heavy atom. The van der Waals surface area contributed by atoms with Crippen LogP contribution in [0.1, 0.15) is 35.2 Å². The number of likely N-dealkylation sites (tertiary alicyclic amines) is 1. The molecule has 0 spiro atoms. The van der Waals surface area contributed by atoms with E-state index in [9.17, 15) is 9.18 Å². The highest BCUT2D eigenvalue weighted by Crippen LogP contribution is 2.27. The van der Waals surface area contributed by atoms with Crippen molar-refractivity contribution in [2.24, 2.45) is 0 Å². The van der Waals surface area contributed by atoms with Gasteiger partial charge < -0.3 is 9.64 Å². The molecule has 0 saturated carbocycles. The second kappa shape index (κ2) is 7.14. The summed E-state index contributed by atoms with van der Waals surface area (Å²) in [6.07, 6.45) is 3.26. The van der Waals surface area contributed by atoms with Crippen molar-refractivity contribution in [2.45, 2.75) is 19.3 Å². The topological polar surface area (TPSA) is 53.3 Å². The van der Waals surface area contributed by atoms with Crippen LogP contribution in [-0.2, 0) is 0 Å². The molecule has 2 aromatic rings. The summed E-state index contributed by atoms with van der Waals surface area (Å²) >= 11 is 0. The maximum Gasteiger partial charge on any atom is 0.253 e. The van der Waals surface area contributed by atoms with E-state index in [0.717, 1.165) is 25.9 Å². The van der Waals surface area contributed by atoms with Crippen LogP contribution in [0.3, 0.4) is 0 Å². The molecule has 2 aromatic carbocycles. The number of piperidine rings is 1. The Morgan fingerprint density at radius 2 is 1.79 bits per heavy atom. The van der Waals surface area contributed by atoms with Crippen molar-refractivity contribution in [3.05, 3.63) is 59.4 Å². The van der Waals surface area contributed by atoms with Gasteiger partial charge in [-0.3, -0.25) is 4.79 Å². The molecule has 0 aliphatic carbocycles. The second-order valence-corrected chi connectivity index (χ2v) is 5.70. The van der Waals surface area contributed by atoms with Crippen molar-refractivity contribution < 1.29 is 13.9 Å². The lowest BCUT2D eigenvalue weighted by Gasteiger charge is -2.26. The van der Waals surface area contributed by atoms with Gasteiger partial charge in [0.25, 0.3) is 5.91 Å². The van der Waals surface area contributed by atoms with Crippen LogP contribution in [-0.4, -0.2) is 23.9 Å². The molecule has 0 unspecified atom stereocenters. The highest BCUT2D eigenvalue weighted by Gasteiger charge is 2.18. The molecular formula is C19H17FN2O2. The lowest BCUT2D eigenvalue weighted by atomic mass is 10.1. The molecule has 1 aliphatic rings. The number of carbonyl (C=O) groups excluding carboxylic acids is 1. The Hall–Kier alpha value is -2.87. The van der Waals surface area contributed by atoms with Crippen LogP contribution in [0.4, 0.5) is 4.39 Å². The number of amides is 1. The molecule has 4 nitrogen and oxygen atoms in total. The first-order chi connectivity index (χ1) is 11.7. The predicted octanol–water partition coefficient (Wildman–Crippen LogP) is 4.12. The third-order valence-electron chi connectivity index (χ3n) is 4.06. The zero-order chi connectivity index (χ0) is 16.9. The van der Waals surface area contributed by atoms with Gasteiger partial charge in [-0.1, -0.05) is 6.07 Å². The predicted molar refractivity (Wildman–Crippen MR) is 87.4 cm³/mol. The molecule has 122 valence electrons. The van der Waals surface area contributed by atoms with E-state index in [2.05, 4.69) is 0 Å². The first-order valence-electron chi connectivity index (χ1n) is 7.95. The van der Waals surface area contributed by atoms with Crippen molar-refractivity contribution >= 4 is 5.91 Å². The third kappa shape index (κ3) is 3.38. The molecule has 0 N–H and O–H groups in total. The van der Waals surface area contributed by atoms with E-state index >= 15 is 0 Å². The maximum absolute atomic E-state index is 13.6. The van der Waals surface area contributed by atoms with E-state index < -0.39 is 5.82 Å². The van der Waals surface area contributed by atoms with Crippen molar-refractivity contribution in [1.29, 1.82) is 5.26 Å². The van der Waals surface area contributed by atoms with Gasteiger partial charge in [-0.25, -0.2) is 4.39 Å². The van der Waals surface area contributed by atoms with Gasteiger partial charge in [0.05, 0.1) is 0 Å². The minimum Gasteiger partial charge on any atom is -0.456 e. The lowest BCUT2D eigenvalue weighted by Crippen LogP contribution is -2.35. The molecule has 3 rings (SSSR count). The van der Waals surface area contributed by atoms with Crippen LogP contribution in [0.15, 0.2) is 42.5 Å². The van der Waals surface area contributed by atoms with Gasteiger partial charge in [-0.05, 0) is 55.7 Å². The SMILES string of the molecule is N#Cc1c(F)cccc1Oc1ccc(C(=O)N2CCCCC2)cc1. The van der Waals surface area contributed by atoms with Crippen LogP contribution in [0.25, 0.3) is 0 Å². The van der Waals surface area contributed by atoms with E-state index in [1.165, 1.54) is 24.6 Å². The smallest absolute Gasteiger partial charge is 0.253 e. The fraction of sp³-hybridized carbons (Fsp3) is 0.263. The molecule has 1 amide bonds. The number of nitrogens with zero attached hydrogens (tertiary/aromatic N) is 2. The molecule has 5 heteroatoms. The van der Waals surface area contributed by atoms with E-state index in [1.807, 2.05) is 4.90 Å². The van der Waals surface area contributed by atoms with Gasteiger partial charge in [0, 0.05) is 18.7 Å². The normalized spacial score (nSPS) is 14.1. The number of rotatable bonds is 3. The summed E-state index contributed by atoms with van der Waals surface area (Å²) in [6, 6.07) is 12.7. The minimum absolute atomic E-state index is 0.0183. The molecular weight excluding hydrogens is 307 g/mol. The molecule has 0 radical (unpaired) electrons. The van der Waals surface area contributed by atoms with Crippen molar-refractivity contribution in [2.75, 3.05) is 13.1 Å². The second-order valence-electron chi connectivity index (χ2n) is 5.70. The van der Waals surface area contributed by atoms with E-state index in [-0.39, 0.29) is 17.2 Å². The number of nitriles is 1. The largest absolute Gasteiger partial charge is 0.456 e. The monoisotopic (exact) mass is 324 g/mol. The first-order valence-corrected chi connectivity index (χ1v) is 7.95. The molecule has 24 heavy (non-hydrogen) atoms. The summed E-state index contributed by atoms with van der Waals surface area (Å²) in [5, 5.41) is 9.02. The summed E-state index contributed by atoms with van der Waals surface area (Å²) in [5.74, 6) is 0.0107. The van der Waals surface area contributed by atoms with Crippen LogP contribution >= 0.6 is 0 Å². The molecule has 1 saturated heterocycles. The number of hydrogen-bond donors (Lipinski definition) is 0. The van der Waals surface area contributed by atoms with E-state index in [0.29, 0.717) is 11.3 Å². The highest BCUT2D eigenvalue weighted by atomic mass is 19.1. The molecule has 1 heterocycles. The lowest BCUT2D eigenvalue weighted by molar-refractivity contribution is 0.0724. The Morgan fingerprint density at radius 3 is 2.46 bits per heavy atom. The van der Waals surface area contributed by atoms with Crippen LogP contribution in [0.2, 0.25) is 0 Å². The molecule has 1 fully saturated rings. The van der Waals surface area contributed by atoms with Crippen molar-refractivity contribution in [1.82, 2.24) is 4.90 Å². The number of halogens is 1. The van der Waals surface area contributed by atoms with Crippen molar-refractivity contribution in [3.63, 3.8) is 0 Å². The zero-order valence-corrected chi connectivity index (χ0v) is 13.2. The summed E-state index contributed by atoms with van der Waals surface area (Å²) in [6.45, 7) is 1.60. The molecule has 0 atom stereocenters. The third-order valence-corrected chi connectivity index (χ3v) is 4.06. The fourth-order valence-electron chi connectivity index (χ4n) is 2.77. The molecule has 0 aromatic heterocycles. The number of carbonyl (C=O) groups is 1. The van der Waals surface area contributed by atoms with Gasteiger partial charge in [0.15, 0.2) is 0 Å². The van der Waals surface area contributed by atoms with Crippen molar-refractivity contribution in [3.8, 4) is 17.6 Å². The van der Waals surface area contributed by atoms with Crippen LogP contribution in [0, 0.1) is 17.1 Å². The maximum atomic E-state index is 13.6. The Bertz CT molecular complexity index is 775. The summed E-state index contributed by atoms with van der Waals surface area (Å²) in [4.78, 5) is 14.3. The van der Waals surface area contributed by atoms with Gasteiger partial charge in [0.1, 0.15) is 28.9 Å². The fourth-order valence-corrected chi connectivity index (χ4v) is 2.77. The number of ether oxygens (including phenoxy) is 1. The Kier molecular flexibility index (Phi) is 4.76. The quantitative estimate of drug-likeness (QED) is 0.853. The van der Waals surface area contributed by atoms with Gasteiger partial charge in [0.2, 0.25) is 0 Å². The Balaban J connectivity index is 1.74. The van der Waals surface area contributed by atoms with Crippen LogP contribution < -0.4 is 4.74 Å². The standard InChI is InChI=1S/C19H17FN2O2/c20-17-5-4-6-18(16(17)13-21)24-15-9-7-14(8-10-15)19(23)22-11-2-1-3-12-22/h4-10H,1-3,11-12H2. The number of benzene rings is 2. The van der Waals surface area contributed by atoms with E-state index in [1.54, 1.807) is 30.3 Å². The summed E-state index contributed by atoms with van der Waals surface area (Å²) < 4.78 is 19.2. The minimum atomic E-state index is -0.619. The molecule has 1 aliphatic heterocycles. The summed E-state index contributed by atoms with van der Waals surface area (Å²) in [7, 11) is 0. The average Bonchev–Trinajstić information content (AvgIpc) is 2.63.